The van der Waals surface area contributed by atoms with Crippen molar-refractivity contribution in [1.82, 2.24) is 10.2 Å². The van der Waals surface area contributed by atoms with E-state index in [0.29, 0.717) is 13.1 Å². The van der Waals surface area contributed by atoms with Crippen LogP contribution in [-0.2, 0) is 11.2 Å². The minimum Gasteiger partial charge on any atom is -0.344 e. The molecule has 0 bridgehead atoms. The lowest BCUT2D eigenvalue weighted by Crippen LogP contribution is -2.36. The average Bonchev–Trinajstić information content (AvgIpc) is 2.34. The van der Waals surface area contributed by atoms with Crippen LogP contribution in [0.25, 0.3) is 0 Å². The van der Waals surface area contributed by atoms with Gasteiger partial charge in [0.1, 0.15) is 5.82 Å². The SMILES string of the molecule is CCNCC(=O)N(C)CCc1ccc(F)cc1. The van der Waals surface area contributed by atoms with Crippen LogP contribution in [-0.4, -0.2) is 37.5 Å². The van der Waals surface area contributed by atoms with Crippen molar-refractivity contribution >= 4 is 5.91 Å². The lowest BCUT2D eigenvalue weighted by atomic mass is 10.1. The highest BCUT2D eigenvalue weighted by atomic mass is 19.1. The Balaban J connectivity index is 2.34. The molecule has 0 unspecified atom stereocenters. The molecule has 0 spiro atoms. The smallest absolute Gasteiger partial charge is 0.236 e. The zero-order valence-corrected chi connectivity index (χ0v) is 10.4. The molecule has 0 fully saturated rings. The first kappa shape index (κ1) is 13.6. The topological polar surface area (TPSA) is 32.3 Å². The molecule has 94 valence electrons. The van der Waals surface area contributed by atoms with Crippen molar-refractivity contribution in [3.8, 4) is 0 Å². The number of rotatable bonds is 6. The maximum absolute atomic E-state index is 12.7. The maximum Gasteiger partial charge on any atom is 0.236 e. The van der Waals surface area contributed by atoms with Crippen LogP contribution < -0.4 is 5.32 Å². The summed E-state index contributed by atoms with van der Waals surface area (Å²) < 4.78 is 12.7. The minimum atomic E-state index is -0.231. The quantitative estimate of drug-likeness (QED) is 0.813. The molecule has 4 heteroatoms. The molecule has 0 aromatic heterocycles. The summed E-state index contributed by atoms with van der Waals surface area (Å²) in [5, 5.41) is 2.99. The Kier molecular flexibility index (Phi) is 5.63. The summed E-state index contributed by atoms with van der Waals surface area (Å²) in [4.78, 5) is 13.3. The summed E-state index contributed by atoms with van der Waals surface area (Å²) in [6, 6.07) is 6.38. The van der Waals surface area contributed by atoms with E-state index in [0.717, 1.165) is 18.5 Å². The molecule has 1 amide bonds. The van der Waals surface area contributed by atoms with Crippen molar-refractivity contribution in [3.05, 3.63) is 35.6 Å². The molecule has 1 aromatic carbocycles. The van der Waals surface area contributed by atoms with Gasteiger partial charge in [0.2, 0.25) is 5.91 Å². The van der Waals surface area contributed by atoms with Crippen LogP contribution in [0.3, 0.4) is 0 Å². The van der Waals surface area contributed by atoms with Gasteiger partial charge in [0.15, 0.2) is 0 Å². The number of nitrogens with one attached hydrogen (secondary N) is 1. The Labute approximate surface area is 102 Å². The van der Waals surface area contributed by atoms with Crippen LogP contribution in [0.15, 0.2) is 24.3 Å². The van der Waals surface area contributed by atoms with Crippen LogP contribution in [0.2, 0.25) is 0 Å². The summed E-state index contributed by atoms with van der Waals surface area (Å²) in [6.07, 6.45) is 0.745. The van der Waals surface area contributed by atoms with Gasteiger partial charge in [-0.3, -0.25) is 4.79 Å². The van der Waals surface area contributed by atoms with E-state index in [-0.39, 0.29) is 11.7 Å². The molecule has 0 atom stereocenters. The van der Waals surface area contributed by atoms with Gasteiger partial charge >= 0.3 is 0 Å². The zero-order chi connectivity index (χ0) is 12.7. The van der Waals surface area contributed by atoms with Gasteiger partial charge in [-0.05, 0) is 30.7 Å². The molecule has 0 saturated heterocycles. The molecule has 0 aliphatic heterocycles. The molecular weight excluding hydrogens is 219 g/mol. The standard InChI is InChI=1S/C13H19FN2O/c1-3-15-10-13(17)16(2)9-8-11-4-6-12(14)7-5-11/h4-7,15H,3,8-10H2,1-2H3. The van der Waals surface area contributed by atoms with E-state index in [1.165, 1.54) is 12.1 Å². The lowest BCUT2D eigenvalue weighted by Gasteiger charge is -2.17. The Hall–Kier alpha value is -1.42. The average molecular weight is 238 g/mol. The Morgan fingerprint density at radius 3 is 2.59 bits per heavy atom. The van der Waals surface area contributed by atoms with E-state index in [9.17, 15) is 9.18 Å². The lowest BCUT2D eigenvalue weighted by molar-refractivity contribution is -0.128. The number of nitrogens with zero attached hydrogens (tertiary/aromatic N) is 1. The molecule has 0 aliphatic carbocycles. The first-order valence-electron chi connectivity index (χ1n) is 5.82. The van der Waals surface area contributed by atoms with E-state index in [1.54, 1.807) is 24.1 Å². The molecule has 3 nitrogen and oxygen atoms in total. The minimum absolute atomic E-state index is 0.0777. The van der Waals surface area contributed by atoms with Crippen LogP contribution in [0.4, 0.5) is 4.39 Å². The largest absolute Gasteiger partial charge is 0.344 e. The van der Waals surface area contributed by atoms with Gasteiger partial charge in [-0.2, -0.15) is 0 Å². The number of benzene rings is 1. The molecule has 0 radical (unpaired) electrons. The van der Waals surface area contributed by atoms with Gasteiger partial charge in [0.25, 0.3) is 0 Å². The van der Waals surface area contributed by atoms with Crippen LogP contribution >= 0.6 is 0 Å². The highest BCUT2D eigenvalue weighted by Gasteiger charge is 2.07. The van der Waals surface area contributed by atoms with Crippen molar-refractivity contribution in [2.45, 2.75) is 13.3 Å². The predicted molar refractivity (Wildman–Crippen MR) is 66.3 cm³/mol. The van der Waals surface area contributed by atoms with Crippen LogP contribution in [0.5, 0.6) is 0 Å². The molecule has 17 heavy (non-hydrogen) atoms. The van der Waals surface area contributed by atoms with Gasteiger partial charge in [0.05, 0.1) is 6.54 Å². The number of carbonyl (C=O) groups excluding carboxylic acids is 1. The Morgan fingerprint density at radius 1 is 1.35 bits per heavy atom. The van der Waals surface area contributed by atoms with Crippen LogP contribution in [0.1, 0.15) is 12.5 Å². The van der Waals surface area contributed by atoms with E-state index in [1.807, 2.05) is 6.92 Å². The maximum atomic E-state index is 12.7. The molecule has 0 saturated carbocycles. The third-order valence-electron chi connectivity index (χ3n) is 2.60. The number of halogens is 1. The second-order valence-corrected chi connectivity index (χ2v) is 3.97. The summed E-state index contributed by atoms with van der Waals surface area (Å²) >= 11 is 0. The highest BCUT2D eigenvalue weighted by Crippen LogP contribution is 2.04. The fraction of sp³-hybridized carbons (Fsp3) is 0.462. The first-order chi connectivity index (χ1) is 8.13. The molecule has 0 heterocycles. The van der Waals surface area contributed by atoms with Crippen molar-refractivity contribution in [2.24, 2.45) is 0 Å². The fourth-order valence-corrected chi connectivity index (χ4v) is 1.44. The zero-order valence-electron chi connectivity index (χ0n) is 10.4. The van der Waals surface area contributed by atoms with E-state index in [4.69, 9.17) is 0 Å². The third kappa shape index (κ3) is 4.95. The van der Waals surface area contributed by atoms with E-state index < -0.39 is 0 Å². The van der Waals surface area contributed by atoms with Gasteiger partial charge < -0.3 is 10.2 Å². The molecule has 0 aliphatic rings. The number of amides is 1. The second kappa shape index (κ2) is 7.01. The monoisotopic (exact) mass is 238 g/mol. The molecular formula is C13H19FN2O. The first-order valence-corrected chi connectivity index (χ1v) is 5.82. The van der Waals surface area contributed by atoms with Crippen molar-refractivity contribution in [3.63, 3.8) is 0 Å². The van der Waals surface area contributed by atoms with E-state index >= 15 is 0 Å². The highest BCUT2D eigenvalue weighted by molar-refractivity contribution is 5.77. The van der Waals surface area contributed by atoms with Crippen molar-refractivity contribution in [1.29, 1.82) is 0 Å². The normalized spacial score (nSPS) is 10.3. The third-order valence-corrected chi connectivity index (χ3v) is 2.60. The van der Waals surface area contributed by atoms with Crippen LogP contribution in [0, 0.1) is 5.82 Å². The summed E-state index contributed by atoms with van der Waals surface area (Å²) in [5.74, 6) is -0.153. The van der Waals surface area contributed by atoms with Crippen molar-refractivity contribution in [2.75, 3.05) is 26.7 Å². The van der Waals surface area contributed by atoms with Gasteiger partial charge in [0, 0.05) is 13.6 Å². The van der Waals surface area contributed by atoms with Gasteiger partial charge in [-0.25, -0.2) is 4.39 Å². The number of hydrogen-bond donors (Lipinski definition) is 1. The summed E-state index contributed by atoms with van der Waals surface area (Å²) in [6.45, 7) is 3.77. The predicted octanol–water partition coefficient (Wildman–Crippen LogP) is 1.44. The van der Waals surface area contributed by atoms with Crippen molar-refractivity contribution < 1.29 is 9.18 Å². The number of likely N-dealkylation sites (N-methyl/N-ethyl adjacent to an activating group) is 2. The molecule has 1 aromatic rings. The Bertz CT molecular complexity index is 351. The summed E-state index contributed by atoms with van der Waals surface area (Å²) in [5.41, 5.74) is 1.04. The van der Waals surface area contributed by atoms with E-state index in [2.05, 4.69) is 5.32 Å². The number of hydrogen-bond acceptors (Lipinski definition) is 2. The summed E-state index contributed by atoms with van der Waals surface area (Å²) in [7, 11) is 1.78. The second-order valence-electron chi connectivity index (χ2n) is 3.97. The number of carbonyl (C=O) groups is 1. The fourth-order valence-electron chi connectivity index (χ4n) is 1.44. The molecule has 1 N–H and O–H groups in total. The Morgan fingerprint density at radius 2 is 2.00 bits per heavy atom. The van der Waals surface area contributed by atoms with Gasteiger partial charge in [-0.1, -0.05) is 19.1 Å². The molecule has 1 rings (SSSR count). The van der Waals surface area contributed by atoms with Gasteiger partial charge in [-0.15, -0.1) is 0 Å².